The van der Waals surface area contributed by atoms with Crippen molar-refractivity contribution in [2.24, 2.45) is 7.05 Å². The van der Waals surface area contributed by atoms with E-state index in [2.05, 4.69) is 11.1 Å². The molecule has 0 bridgehead atoms. The molecule has 0 unspecified atom stereocenters. The highest BCUT2D eigenvalue weighted by Crippen LogP contribution is 2.17. The number of fused-ring (bicyclic) bond motifs is 1. The molecule has 1 heterocycles. The van der Waals surface area contributed by atoms with Gasteiger partial charge in [0.2, 0.25) is 0 Å². The van der Waals surface area contributed by atoms with E-state index in [1.165, 1.54) is 0 Å². The number of aromatic nitrogens is 2. The van der Waals surface area contributed by atoms with Crippen LogP contribution in [0.25, 0.3) is 11.0 Å². The number of halogens is 2. The second-order valence-electron chi connectivity index (χ2n) is 4.12. The Morgan fingerprint density at radius 2 is 2.26 bits per heavy atom. The fraction of sp³-hybridized carbons (Fsp3) is 0.385. The second kappa shape index (κ2) is 5.76. The van der Waals surface area contributed by atoms with Crippen LogP contribution in [0.4, 0.5) is 8.78 Å². The first-order valence-electron chi connectivity index (χ1n) is 5.83. The fourth-order valence-corrected chi connectivity index (χ4v) is 1.87. The molecule has 0 spiro atoms. The Hall–Kier alpha value is -2.00. The molecule has 2 rings (SSSR count). The maximum atomic E-state index is 11.9. The molecule has 1 aromatic heterocycles. The molecule has 100 valence electrons. The monoisotopic (exact) mass is 265 g/mol. The van der Waals surface area contributed by atoms with Crippen LogP contribution in [0, 0.1) is 11.3 Å². The SMILES string of the molecule is Cn1c(CCOCC(F)F)nc2ccc(C#N)cc21. The van der Waals surface area contributed by atoms with Gasteiger partial charge in [-0.25, -0.2) is 13.8 Å². The Kier molecular flexibility index (Phi) is 4.07. The van der Waals surface area contributed by atoms with Gasteiger partial charge < -0.3 is 9.30 Å². The molecule has 0 radical (unpaired) electrons. The highest BCUT2D eigenvalue weighted by Gasteiger charge is 2.09. The minimum Gasteiger partial charge on any atom is -0.375 e. The molecule has 0 atom stereocenters. The van der Waals surface area contributed by atoms with Crippen molar-refractivity contribution in [3.8, 4) is 6.07 Å². The highest BCUT2D eigenvalue weighted by atomic mass is 19.3. The molecule has 4 nitrogen and oxygen atoms in total. The van der Waals surface area contributed by atoms with Crippen molar-refractivity contribution in [2.75, 3.05) is 13.2 Å². The van der Waals surface area contributed by atoms with E-state index >= 15 is 0 Å². The molecule has 19 heavy (non-hydrogen) atoms. The normalized spacial score (nSPS) is 11.1. The summed E-state index contributed by atoms with van der Waals surface area (Å²) in [7, 11) is 1.83. The van der Waals surface area contributed by atoms with E-state index in [1.807, 2.05) is 11.6 Å². The number of benzene rings is 1. The Morgan fingerprint density at radius 1 is 1.47 bits per heavy atom. The van der Waals surface area contributed by atoms with Gasteiger partial charge in [0, 0.05) is 13.5 Å². The van der Waals surface area contributed by atoms with Crippen molar-refractivity contribution in [3.63, 3.8) is 0 Å². The topological polar surface area (TPSA) is 50.8 Å². The van der Waals surface area contributed by atoms with Crippen LogP contribution in [0.5, 0.6) is 0 Å². The number of aryl methyl sites for hydroxylation is 1. The third-order valence-electron chi connectivity index (χ3n) is 2.82. The van der Waals surface area contributed by atoms with Gasteiger partial charge in [0.1, 0.15) is 12.4 Å². The van der Waals surface area contributed by atoms with Crippen LogP contribution in [0.15, 0.2) is 18.2 Å². The van der Waals surface area contributed by atoms with Crippen molar-refractivity contribution >= 4 is 11.0 Å². The number of alkyl halides is 2. The molecule has 0 amide bonds. The van der Waals surface area contributed by atoms with Crippen molar-refractivity contribution in [1.82, 2.24) is 9.55 Å². The van der Waals surface area contributed by atoms with Gasteiger partial charge in [-0.1, -0.05) is 0 Å². The number of nitriles is 1. The third kappa shape index (κ3) is 3.06. The highest BCUT2D eigenvalue weighted by molar-refractivity contribution is 5.77. The maximum Gasteiger partial charge on any atom is 0.261 e. The van der Waals surface area contributed by atoms with Gasteiger partial charge in [0.05, 0.1) is 29.3 Å². The van der Waals surface area contributed by atoms with Gasteiger partial charge in [-0.2, -0.15) is 5.26 Å². The van der Waals surface area contributed by atoms with Crippen LogP contribution in [0.1, 0.15) is 11.4 Å². The minimum atomic E-state index is -2.45. The van der Waals surface area contributed by atoms with E-state index in [1.54, 1.807) is 18.2 Å². The predicted octanol–water partition coefficient (Wildman–Crippen LogP) is 2.27. The van der Waals surface area contributed by atoms with Gasteiger partial charge in [0.25, 0.3) is 6.43 Å². The summed E-state index contributed by atoms with van der Waals surface area (Å²) in [4.78, 5) is 4.39. The lowest BCUT2D eigenvalue weighted by Crippen LogP contribution is -2.09. The number of ether oxygens (including phenoxy) is 1. The number of hydrogen-bond acceptors (Lipinski definition) is 3. The summed E-state index contributed by atoms with van der Waals surface area (Å²) in [6.45, 7) is -0.352. The summed E-state index contributed by atoms with van der Waals surface area (Å²) in [5.41, 5.74) is 2.20. The van der Waals surface area contributed by atoms with Gasteiger partial charge in [-0.05, 0) is 18.2 Å². The molecule has 0 saturated carbocycles. The van der Waals surface area contributed by atoms with Gasteiger partial charge >= 0.3 is 0 Å². The summed E-state index contributed by atoms with van der Waals surface area (Å²) in [5, 5.41) is 8.85. The molecule has 0 aliphatic carbocycles. The summed E-state index contributed by atoms with van der Waals surface area (Å²) in [6, 6.07) is 7.30. The molecule has 0 aliphatic rings. The Morgan fingerprint density at radius 3 is 2.95 bits per heavy atom. The molecule has 6 heteroatoms. The van der Waals surface area contributed by atoms with E-state index in [-0.39, 0.29) is 6.61 Å². The van der Waals surface area contributed by atoms with Crippen LogP contribution in [0.2, 0.25) is 0 Å². The molecule has 2 aromatic rings. The van der Waals surface area contributed by atoms with Crippen LogP contribution in [-0.4, -0.2) is 29.2 Å². The zero-order valence-electron chi connectivity index (χ0n) is 10.4. The summed E-state index contributed by atoms with van der Waals surface area (Å²) < 4.78 is 30.5. The van der Waals surface area contributed by atoms with Gasteiger partial charge in [0.15, 0.2) is 0 Å². The van der Waals surface area contributed by atoms with Crippen molar-refractivity contribution in [3.05, 3.63) is 29.6 Å². The quantitative estimate of drug-likeness (QED) is 0.779. The van der Waals surface area contributed by atoms with E-state index in [9.17, 15) is 8.78 Å². The van der Waals surface area contributed by atoms with Crippen molar-refractivity contribution < 1.29 is 13.5 Å². The standard InChI is InChI=1S/C13H13F2N3O/c1-18-11-6-9(7-16)2-3-10(11)17-13(18)4-5-19-8-12(14)15/h2-3,6,12H,4-5,8H2,1H3. The lowest BCUT2D eigenvalue weighted by atomic mass is 10.2. The van der Waals surface area contributed by atoms with Crippen LogP contribution < -0.4 is 0 Å². The molecule has 0 N–H and O–H groups in total. The summed E-state index contributed by atoms with van der Waals surface area (Å²) in [5.74, 6) is 0.749. The third-order valence-corrected chi connectivity index (χ3v) is 2.82. The van der Waals surface area contributed by atoms with E-state index in [0.29, 0.717) is 12.0 Å². The van der Waals surface area contributed by atoms with E-state index in [0.717, 1.165) is 16.9 Å². The van der Waals surface area contributed by atoms with E-state index < -0.39 is 13.0 Å². The zero-order chi connectivity index (χ0) is 13.8. The molecule has 0 saturated heterocycles. The fourth-order valence-electron chi connectivity index (χ4n) is 1.87. The lowest BCUT2D eigenvalue weighted by Gasteiger charge is -2.04. The summed E-state index contributed by atoms with van der Waals surface area (Å²) >= 11 is 0. The number of imidazole rings is 1. The number of rotatable bonds is 5. The van der Waals surface area contributed by atoms with Crippen molar-refractivity contribution in [2.45, 2.75) is 12.8 Å². The minimum absolute atomic E-state index is 0.201. The number of hydrogen-bond donors (Lipinski definition) is 0. The first-order chi connectivity index (χ1) is 9.11. The summed E-state index contributed by atoms with van der Waals surface area (Å²) in [6.07, 6.45) is -1.99. The number of nitrogens with zero attached hydrogens (tertiary/aromatic N) is 3. The van der Waals surface area contributed by atoms with Gasteiger partial charge in [-0.15, -0.1) is 0 Å². The average molecular weight is 265 g/mol. The Balaban J connectivity index is 2.12. The van der Waals surface area contributed by atoms with Crippen LogP contribution in [-0.2, 0) is 18.2 Å². The zero-order valence-corrected chi connectivity index (χ0v) is 10.4. The lowest BCUT2D eigenvalue weighted by molar-refractivity contribution is 0.0182. The second-order valence-corrected chi connectivity index (χ2v) is 4.12. The molecular weight excluding hydrogens is 252 g/mol. The van der Waals surface area contributed by atoms with Gasteiger partial charge in [-0.3, -0.25) is 0 Å². The predicted molar refractivity (Wildman–Crippen MR) is 66.0 cm³/mol. The van der Waals surface area contributed by atoms with Crippen LogP contribution in [0.3, 0.4) is 0 Å². The molecule has 0 fully saturated rings. The largest absolute Gasteiger partial charge is 0.375 e. The molecule has 0 aliphatic heterocycles. The first kappa shape index (κ1) is 13.4. The first-order valence-corrected chi connectivity index (χ1v) is 5.83. The smallest absolute Gasteiger partial charge is 0.261 e. The maximum absolute atomic E-state index is 11.9. The van der Waals surface area contributed by atoms with E-state index in [4.69, 9.17) is 10.00 Å². The molecular formula is C13H13F2N3O. The Labute approximate surface area is 109 Å². The molecule has 1 aromatic carbocycles. The van der Waals surface area contributed by atoms with Crippen molar-refractivity contribution in [1.29, 1.82) is 5.26 Å². The Bertz CT molecular complexity index is 616. The van der Waals surface area contributed by atoms with Crippen LogP contribution >= 0.6 is 0 Å². The average Bonchev–Trinajstić information content (AvgIpc) is 2.71.